The predicted molar refractivity (Wildman–Crippen MR) is 115 cm³/mol. The lowest BCUT2D eigenvalue weighted by Crippen LogP contribution is -2.40. The van der Waals surface area contributed by atoms with Crippen molar-refractivity contribution in [2.24, 2.45) is 0 Å². The van der Waals surface area contributed by atoms with Crippen molar-refractivity contribution in [1.29, 1.82) is 0 Å². The van der Waals surface area contributed by atoms with Crippen LogP contribution in [-0.2, 0) is 20.2 Å². The fourth-order valence-electron chi connectivity index (χ4n) is 3.85. The number of esters is 1. The number of carbonyl (C=O) groups excluding carboxylic acids is 1. The first kappa shape index (κ1) is 22.5. The van der Waals surface area contributed by atoms with Gasteiger partial charge in [-0.2, -0.15) is 9.40 Å². The van der Waals surface area contributed by atoms with Gasteiger partial charge in [0.05, 0.1) is 17.5 Å². The van der Waals surface area contributed by atoms with Crippen LogP contribution in [0, 0.1) is 6.92 Å². The Morgan fingerprint density at radius 1 is 1.20 bits per heavy atom. The molecule has 1 saturated heterocycles. The van der Waals surface area contributed by atoms with Crippen LogP contribution in [0.15, 0.2) is 35.2 Å². The molecule has 1 aromatic carbocycles. The van der Waals surface area contributed by atoms with Crippen LogP contribution in [-0.4, -0.2) is 48.2 Å². The summed E-state index contributed by atoms with van der Waals surface area (Å²) in [7, 11) is -3.52. The third-order valence-electron chi connectivity index (χ3n) is 5.47. The number of piperidine rings is 1. The van der Waals surface area contributed by atoms with Crippen LogP contribution in [0.2, 0.25) is 0 Å². The maximum atomic E-state index is 13.1. The number of benzene rings is 1. The number of sulfonamides is 1. The molecule has 1 aliphatic rings. The molecule has 1 aromatic heterocycles. The van der Waals surface area contributed by atoms with E-state index in [0.717, 1.165) is 11.3 Å². The van der Waals surface area contributed by atoms with Crippen molar-refractivity contribution in [3.8, 4) is 0 Å². The summed E-state index contributed by atoms with van der Waals surface area (Å²) in [6, 6.07) is 8.90. The van der Waals surface area contributed by atoms with E-state index in [2.05, 4.69) is 25.9 Å². The molecule has 2 aromatic rings. The Labute approximate surface area is 179 Å². The lowest BCUT2D eigenvalue weighted by Gasteiger charge is -2.33. The topological polar surface area (TPSA) is 81.5 Å². The number of ether oxygens (including phenoxy) is 1. The van der Waals surface area contributed by atoms with Gasteiger partial charge in [-0.1, -0.05) is 39.0 Å². The summed E-state index contributed by atoms with van der Waals surface area (Å²) in [5, 5.41) is 4.55. The van der Waals surface area contributed by atoms with E-state index in [9.17, 15) is 13.2 Å². The van der Waals surface area contributed by atoms with Gasteiger partial charge in [0.1, 0.15) is 0 Å². The highest BCUT2D eigenvalue weighted by Crippen LogP contribution is 2.32. The largest absolute Gasteiger partial charge is 0.461 e. The Kier molecular flexibility index (Phi) is 6.38. The SMILES string of the molecule is CCOC(=O)c1cc(C(C)(C)C)n(C2CCN(S(=O)(=O)c3ccccc3C)CC2)n1. The highest BCUT2D eigenvalue weighted by molar-refractivity contribution is 7.89. The predicted octanol–water partition coefficient (Wildman–Crippen LogP) is 3.69. The molecule has 1 fully saturated rings. The van der Waals surface area contributed by atoms with Crippen LogP contribution in [0.3, 0.4) is 0 Å². The molecule has 7 nitrogen and oxygen atoms in total. The van der Waals surface area contributed by atoms with Crippen LogP contribution >= 0.6 is 0 Å². The Balaban J connectivity index is 1.82. The monoisotopic (exact) mass is 433 g/mol. The van der Waals surface area contributed by atoms with Gasteiger partial charge in [0.15, 0.2) is 5.69 Å². The second-order valence-electron chi connectivity index (χ2n) is 8.73. The number of hydrogen-bond donors (Lipinski definition) is 0. The van der Waals surface area contributed by atoms with Crippen LogP contribution in [0.4, 0.5) is 0 Å². The molecular weight excluding hydrogens is 402 g/mol. The Bertz CT molecular complexity index is 1010. The van der Waals surface area contributed by atoms with E-state index in [0.29, 0.717) is 43.1 Å². The second-order valence-corrected chi connectivity index (χ2v) is 10.6. The number of aryl methyl sites for hydroxylation is 1. The fraction of sp³-hybridized carbons (Fsp3) is 0.545. The van der Waals surface area contributed by atoms with E-state index >= 15 is 0 Å². The van der Waals surface area contributed by atoms with Gasteiger partial charge >= 0.3 is 5.97 Å². The summed E-state index contributed by atoms with van der Waals surface area (Å²) in [4.78, 5) is 12.6. The maximum absolute atomic E-state index is 13.1. The van der Waals surface area contributed by atoms with Crippen LogP contribution in [0.5, 0.6) is 0 Å². The first-order valence-corrected chi connectivity index (χ1v) is 11.8. The summed E-state index contributed by atoms with van der Waals surface area (Å²) in [5.74, 6) is -0.429. The van der Waals surface area contributed by atoms with Gasteiger partial charge in [-0.15, -0.1) is 0 Å². The van der Waals surface area contributed by atoms with Crippen LogP contribution < -0.4 is 0 Å². The molecule has 2 heterocycles. The molecule has 0 amide bonds. The zero-order chi connectivity index (χ0) is 22.1. The number of nitrogens with zero attached hydrogens (tertiary/aromatic N) is 3. The minimum absolute atomic E-state index is 0.0331. The molecular formula is C22H31N3O4S. The molecule has 0 aliphatic carbocycles. The molecule has 3 rings (SSSR count). The van der Waals surface area contributed by atoms with E-state index in [4.69, 9.17) is 4.74 Å². The highest BCUT2D eigenvalue weighted by atomic mass is 32.2. The fourth-order valence-corrected chi connectivity index (χ4v) is 5.54. The first-order valence-electron chi connectivity index (χ1n) is 10.4. The number of rotatable bonds is 5. The van der Waals surface area contributed by atoms with Crippen molar-refractivity contribution < 1.29 is 17.9 Å². The summed E-state index contributed by atoms with van der Waals surface area (Å²) < 4.78 is 34.7. The highest BCUT2D eigenvalue weighted by Gasteiger charge is 2.34. The molecule has 0 unspecified atom stereocenters. The van der Waals surface area contributed by atoms with Crippen LogP contribution in [0.1, 0.15) is 68.3 Å². The molecule has 0 N–H and O–H groups in total. The molecule has 0 radical (unpaired) electrons. The van der Waals surface area contributed by atoms with Gasteiger partial charge in [-0.3, -0.25) is 4.68 Å². The van der Waals surface area contributed by atoms with Gasteiger partial charge < -0.3 is 4.74 Å². The van der Waals surface area contributed by atoms with E-state index in [1.807, 2.05) is 23.7 Å². The first-order chi connectivity index (χ1) is 14.1. The maximum Gasteiger partial charge on any atom is 0.358 e. The van der Waals surface area contributed by atoms with E-state index in [1.165, 1.54) is 0 Å². The summed E-state index contributed by atoms with van der Waals surface area (Å²) >= 11 is 0. The Morgan fingerprint density at radius 2 is 1.83 bits per heavy atom. The minimum Gasteiger partial charge on any atom is -0.461 e. The smallest absolute Gasteiger partial charge is 0.358 e. The van der Waals surface area contributed by atoms with Gasteiger partial charge in [0.25, 0.3) is 0 Å². The second kappa shape index (κ2) is 8.51. The standard InChI is InChI=1S/C22H31N3O4S/c1-6-29-21(26)18-15-20(22(3,4)5)25(23-18)17-11-13-24(14-12-17)30(27,28)19-10-8-7-9-16(19)2/h7-10,15,17H,6,11-14H2,1-5H3. The molecule has 8 heteroatoms. The van der Waals surface area contributed by atoms with Gasteiger partial charge in [-0.25, -0.2) is 13.2 Å². The molecule has 164 valence electrons. The van der Waals surface area contributed by atoms with E-state index in [-0.39, 0.29) is 11.5 Å². The number of hydrogen-bond acceptors (Lipinski definition) is 5. The number of aromatic nitrogens is 2. The lowest BCUT2D eigenvalue weighted by atomic mass is 9.91. The molecule has 0 atom stereocenters. The average Bonchev–Trinajstić information content (AvgIpc) is 3.15. The average molecular weight is 434 g/mol. The van der Waals surface area contributed by atoms with Crippen molar-refractivity contribution >= 4 is 16.0 Å². The van der Waals surface area contributed by atoms with Crippen molar-refractivity contribution in [1.82, 2.24) is 14.1 Å². The van der Waals surface area contributed by atoms with Gasteiger partial charge in [-0.05, 0) is 44.4 Å². The summed E-state index contributed by atoms with van der Waals surface area (Å²) in [6.45, 7) is 10.9. The normalized spacial score (nSPS) is 16.6. The van der Waals surface area contributed by atoms with E-state index in [1.54, 1.807) is 29.4 Å². The van der Waals surface area contributed by atoms with Gasteiger partial charge in [0, 0.05) is 24.2 Å². The van der Waals surface area contributed by atoms with Crippen molar-refractivity contribution in [3.05, 3.63) is 47.3 Å². The summed E-state index contributed by atoms with van der Waals surface area (Å²) in [5.41, 5.74) is 1.80. The number of carbonyl (C=O) groups is 1. The van der Waals surface area contributed by atoms with Crippen molar-refractivity contribution in [3.63, 3.8) is 0 Å². The van der Waals surface area contributed by atoms with Crippen molar-refractivity contribution in [2.75, 3.05) is 19.7 Å². The third kappa shape index (κ3) is 4.44. The lowest BCUT2D eigenvalue weighted by molar-refractivity contribution is 0.0517. The van der Waals surface area contributed by atoms with Crippen LogP contribution in [0.25, 0.3) is 0 Å². The third-order valence-corrected chi connectivity index (χ3v) is 7.53. The summed E-state index contributed by atoms with van der Waals surface area (Å²) in [6.07, 6.45) is 1.27. The molecule has 0 saturated carbocycles. The molecule has 0 bridgehead atoms. The zero-order valence-electron chi connectivity index (χ0n) is 18.4. The van der Waals surface area contributed by atoms with E-state index < -0.39 is 16.0 Å². The zero-order valence-corrected chi connectivity index (χ0v) is 19.2. The van der Waals surface area contributed by atoms with Crippen molar-refractivity contribution in [2.45, 2.75) is 63.8 Å². The molecule has 30 heavy (non-hydrogen) atoms. The Morgan fingerprint density at radius 3 is 2.40 bits per heavy atom. The minimum atomic E-state index is -3.52. The quantitative estimate of drug-likeness (QED) is 0.672. The Hall–Kier alpha value is -2.19. The van der Waals surface area contributed by atoms with Gasteiger partial charge in [0.2, 0.25) is 10.0 Å². The molecule has 0 spiro atoms. The molecule has 1 aliphatic heterocycles.